The van der Waals surface area contributed by atoms with Crippen LogP contribution in [0.4, 0.5) is 0 Å². The van der Waals surface area contributed by atoms with Gasteiger partial charge in [0, 0.05) is 34.5 Å². The van der Waals surface area contributed by atoms with Crippen molar-refractivity contribution in [3.63, 3.8) is 0 Å². The Morgan fingerprint density at radius 3 is 2.76 bits per heavy atom. The Morgan fingerprint density at radius 2 is 2.03 bits per heavy atom. The Morgan fingerprint density at radius 1 is 1.21 bits per heavy atom. The van der Waals surface area contributed by atoms with Crippen LogP contribution in [-0.2, 0) is 13.1 Å². The van der Waals surface area contributed by atoms with Gasteiger partial charge in [-0.3, -0.25) is 4.79 Å². The summed E-state index contributed by atoms with van der Waals surface area (Å²) < 4.78 is 8.22. The zero-order valence-electron chi connectivity index (χ0n) is 15.7. The Labute approximate surface area is 175 Å². The number of hydrogen-bond donors (Lipinski definition) is 1. The third-order valence-electron chi connectivity index (χ3n) is 4.44. The summed E-state index contributed by atoms with van der Waals surface area (Å²) in [7, 11) is 0. The summed E-state index contributed by atoms with van der Waals surface area (Å²) in [6, 6.07) is 15.1. The summed E-state index contributed by atoms with van der Waals surface area (Å²) >= 11 is 3.42. The molecule has 1 N–H and O–H groups in total. The molecule has 0 aliphatic heterocycles. The van der Waals surface area contributed by atoms with E-state index in [0.29, 0.717) is 23.8 Å². The smallest absolute Gasteiger partial charge is 0.251 e. The number of benzene rings is 2. The Bertz CT molecular complexity index is 1130. The van der Waals surface area contributed by atoms with Crippen LogP contribution < -0.4 is 5.32 Å². The molecule has 0 radical (unpaired) electrons. The summed E-state index contributed by atoms with van der Waals surface area (Å²) in [6.07, 6.45) is 3.71. The van der Waals surface area contributed by atoms with E-state index in [-0.39, 0.29) is 12.5 Å². The minimum atomic E-state index is -0.197. The average molecular weight is 452 g/mol. The molecule has 1 amide bonds. The van der Waals surface area contributed by atoms with Crippen LogP contribution in [0.1, 0.15) is 27.6 Å². The van der Waals surface area contributed by atoms with Crippen molar-refractivity contribution in [1.29, 1.82) is 0 Å². The van der Waals surface area contributed by atoms with Gasteiger partial charge in [0.05, 0.1) is 6.54 Å². The highest BCUT2D eigenvalue weighted by molar-refractivity contribution is 9.10. The summed E-state index contributed by atoms with van der Waals surface area (Å²) in [5, 5.41) is 6.77. The molecule has 2 aromatic carbocycles. The second kappa shape index (κ2) is 8.40. The van der Waals surface area contributed by atoms with Crippen LogP contribution in [0.2, 0.25) is 0 Å². The van der Waals surface area contributed by atoms with Crippen LogP contribution in [0, 0.1) is 6.92 Å². The third-order valence-corrected chi connectivity index (χ3v) is 4.94. The molecule has 4 rings (SSSR count). The van der Waals surface area contributed by atoms with E-state index in [4.69, 9.17) is 4.52 Å². The number of aryl methyl sites for hydroxylation is 1. The number of amides is 1. The maximum absolute atomic E-state index is 12.4. The predicted molar refractivity (Wildman–Crippen MR) is 111 cm³/mol. The first-order valence-electron chi connectivity index (χ1n) is 9.02. The molecule has 0 spiro atoms. The van der Waals surface area contributed by atoms with E-state index in [0.717, 1.165) is 21.4 Å². The Hall–Kier alpha value is -3.26. The zero-order valence-corrected chi connectivity index (χ0v) is 17.3. The lowest BCUT2D eigenvalue weighted by Crippen LogP contribution is -2.22. The van der Waals surface area contributed by atoms with Gasteiger partial charge in [-0.05, 0) is 36.8 Å². The quantitative estimate of drug-likeness (QED) is 0.478. The monoisotopic (exact) mass is 451 g/mol. The molecule has 2 aromatic heterocycles. The van der Waals surface area contributed by atoms with Gasteiger partial charge in [0.2, 0.25) is 11.7 Å². The second-order valence-electron chi connectivity index (χ2n) is 6.50. The van der Waals surface area contributed by atoms with Crippen LogP contribution in [0.15, 0.2) is 69.9 Å². The molecule has 2 heterocycles. The van der Waals surface area contributed by atoms with Crippen molar-refractivity contribution in [1.82, 2.24) is 25.0 Å². The highest BCUT2D eigenvalue weighted by atomic mass is 79.9. The highest BCUT2D eigenvalue weighted by Gasteiger charge is 2.11. The van der Waals surface area contributed by atoms with E-state index in [1.165, 1.54) is 0 Å². The number of imidazole rings is 1. The van der Waals surface area contributed by atoms with E-state index in [1.54, 1.807) is 18.3 Å². The maximum Gasteiger partial charge on any atom is 0.251 e. The Kier molecular flexibility index (Phi) is 5.53. The van der Waals surface area contributed by atoms with Gasteiger partial charge in [-0.2, -0.15) is 4.98 Å². The largest absolute Gasteiger partial charge is 0.343 e. The number of hydrogen-bond acceptors (Lipinski definition) is 5. The van der Waals surface area contributed by atoms with Gasteiger partial charge in [-0.25, -0.2) is 4.98 Å². The minimum absolute atomic E-state index is 0.163. The standard InChI is InChI=1S/C21H18BrN5O2/c1-14-23-9-10-27(14)13-15-5-7-16(8-6-15)21(28)24-12-19-25-20(26-29-19)17-3-2-4-18(22)11-17/h2-11H,12-13H2,1H3,(H,24,28). The van der Waals surface area contributed by atoms with E-state index < -0.39 is 0 Å². The molecule has 4 aromatic rings. The van der Waals surface area contributed by atoms with Crippen LogP contribution in [0.5, 0.6) is 0 Å². The average Bonchev–Trinajstić information content (AvgIpc) is 3.36. The lowest BCUT2D eigenvalue weighted by molar-refractivity contribution is 0.0946. The van der Waals surface area contributed by atoms with Gasteiger partial charge >= 0.3 is 0 Å². The summed E-state index contributed by atoms with van der Waals surface area (Å²) in [5.74, 6) is 1.58. The molecule has 146 valence electrons. The maximum atomic E-state index is 12.4. The van der Waals surface area contributed by atoms with E-state index in [1.807, 2.05) is 54.1 Å². The first kappa shape index (κ1) is 19.1. The molecule has 0 saturated carbocycles. The van der Waals surface area contributed by atoms with Crippen molar-refractivity contribution in [3.05, 3.63) is 88.2 Å². The fourth-order valence-corrected chi connectivity index (χ4v) is 3.26. The summed E-state index contributed by atoms with van der Waals surface area (Å²) in [5.41, 5.74) is 2.51. The molecular formula is C21H18BrN5O2. The van der Waals surface area contributed by atoms with Gasteiger partial charge in [-0.15, -0.1) is 0 Å². The van der Waals surface area contributed by atoms with Crippen LogP contribution in [0.25, 0.3) is 11.4 Å². The van der Waals surface area contributed by atoms with Gasteiger partial charge < -0.3 is 14.4 Å². The van der Waals surface area contributed by atoms with Crippen molar-refractivity contribution < 1.29 is 9.32 Å². The number of nitrogens with one attached hydrogen (secondary N) is 1. The predicted octanol–water partition coefficient (Wildman–Crippen LogP) is 3.98. The van der Waals surface area contributed by atoms with Gasteiger partial charge in [0.25, 0.3) is 5.91 Å². The third kappa shape index (κ3) is 4.60. The van der Waals surface area contributed by atoms with E-state index in [9.17, 15) is 4.79 Å². The number of nitrogens with zero attached hydrogens (tertiary/aromatic N) is 4. The first-order valence-corrected chi connectivity index (χ1v) is 9.81. The normalized spacial score (nSPS) is 10.8. The van der Waals surface area contributed by atoms with Gasteiger partial charge in [0.1, 0.15) is 5.82 Å². The number of aromatic nitrogens is 4. The number of carbonyl (C=O) groups is 1. The fraction of sp³-hybridized carbons (Fsp3) is 0.143. The number of halogens is 1. The highest BCUT2D eigenvalue weighted by Crippen LogP contribution is 2.20. The van der Waals surface area contributed by atoms with Crippen molar-refractivity contribution in [3.8, 4) is 11.4 Å². The topological polar surface area (TPSA) is 85.8 Å². The van der Waals surface area contributed by atoms with E-state index >= 15 is 0 Å². The first-order chi connectivity index (χ1) is 14.1. The minimum Gasteiger partial charge on any atom is -0.343 e. The molecule has 0 atom stereocenters. The molecule has 0 aliphatic rings. The second-order valence-corrected chi connectivity index (χ2v) is 7.42. The molecule has 0 saturated heterocycles. The fourth-order valence-electron chi connectivity index (χ4n) is 2.86. The lowest BCUT2D eigenvalue weighted by atomic mass is 10.1. The summed E-state index contributed by atoms with van der Waals surface area (Å²) in [4.78, 5) is 20.9. The molecule has 0 unspecified atom stereocenters. The molecule has 0 aliphatic carbocycles. The molecule has 7 nitrogen and oxygen atoms in total. The van der Waals surface area contributed by atoms with E-state index in [2.05, 4.69) is 36.4 Å². The van der Waals surface area contributed by atoms with Crippen molar-refractivity contribution in [2.24, 2.45) is 0 Å². The van der Waals surface area contributed by atoms with Crippen LogP contribution >= 0.6 is 15.9 Å². The number of rotatable bonds is 6. The zero-order chi connectivity index (χ0) is 20.2. The molecule has 29 heavy (non-hydrogen) atoms. The van der Waals surface area contributed by atoms with Crippen molar-refractivity contribution in [2.45, 2.75) is 20.0 Å². The van der Waals surface area contributed by atoms with Gasteiger partial charge in [-0.1, -0.05) is 45.4 Å². The molecule has 8 heteroatoms. The molecule has 0 fully saturated rings. The molecule has 0 bridgehead atoms. The SMILES string of the molecule is Cc1nccn1Cc1ccc(C(=O)NCc2nc(-c3cccc(Br)c3)no2)cc1. The lowest BCUT2D eigenvalue weighted by Gasteiger charge is -2.07. The van der Waals surface area contributed by atoms with Gasteiger partial charge in [0.15, 0.2) is 0 Å². The number of carbonyl (C=O) groups excluding carboxylic acids is 1. The Balaban J connectivity index is 1.36. The van der Waals surface area contributed by atoms with Crippen molar-refractivity contribution >= 4 is 21.8 Å². The van der Waals surface area contributed by atoms with Crippen molar-refractivity contribution in [2.75, 3.05) is 0 Å². The van der Waals surface area contributed by atoms with Crippen LogP contribution in [0.3, 0.4) is 0 Å². The molecular weight excluding hydrogens is 434 g/mol. The van der Waals surface area contributed by atoms with Crippen LogP contribution in [-0.4, -0.2) is 25.6 Å². The summed E-state index contributed by atoms with van der Waals surface area (Å²) in [6.45, 7) is 2.84.